The van der Waals surface area contributed by atoms with Crippen molar-refractivity contribution in [3.63, 3.8) is 0 Å². The summed E-state index contributed by atoms with van der Waals surface area (Å²) >= 11 is 4.91. The van der Waals surface area contributed by atoms with Crippen molar-refractivity contribution < 1.29 is 14.7 Å². The maximum absolute atomic E-state index is 7.56. The van der Waals surface area contributed by atoms with E-state index in [9.17, 15) is 0 Å². The van der Waals surface area contributed by atoms with E-state index >= 15 is 0 Å². The van der Waals surface area contributed by atoms with Gasteiger partial charge in [0.25, 0.3) is 0 Å². The minimum absolute atomic E-state index is 1.31. The fraction of sp³-hybridized carbons (Fsp3) is 1.00. The molecule has 0 rings (SSSR count). The van der Waals surface area contributed by atoms with Gasteiger partial charge in [0.15, 0.2) is 0 Å². The molecular weight excluding hydrogens is 146 g/mol. The molecule has 0 radical (unpaired) electrons. The van der Waals surface area contributed by atoms with Gasteiger partial charge in [0.05, 0.1) is 0 Å². The Labute approximate surface area is 65.0 Å². The summed E-state index contributed by atoms with van der Waals surface area (Å²) in [4.78, 5) is 22.7. The topological polar surface area (TPSA) is 60.7 Å². The third kappa shape index (κ3) is 98.4. The molecule has 0 aromatic heterocycles. The molecule has 0 bridgehead atoms. The van der Waals surface area contributed by atoms with Crippen molar-refractivity contribution in [1.29, 1.82) is 0 Å². The van der Waals surface area contributed by atoms with Crippen molar-refractivity contribution >= 4 is 46.5 Å². The molecule has 0 heterocycles. The van der Waals surface area contributed by atoms with Crippen LogP contribution in [0.15, 0.2) is 0 Å². The Morgan fingerprint density at radius 2 is 1.29 bits per heavy atom. The first-order valence-electron chi connectivity index (χ1n) is 1.78. The number of hydrogen-bond donors (Lipinski definition) is 3. The van der Waals surface area contributed by atoms with Crippen LogP contribution in [-0.4, -0.2) is 42.6 Å². The predicted molar refractivity (Wildman–Crippen MR) is 32.6 cm³/mol. The second kappa shape index (κ2) is 5.66. The van der Waals surface area contributed by atoms with Gasteiger partial charge in [-0.25, -0.2) is 0 Å². The molecule has 40 valence electrons. The second-order valence-electron chi connectivity index (χ2n) is 0.513. The molecule has 0 saturated carbocycles. The van der Waals surface area contributed by atoms with E-state index in [0.717, 1.165) is 0 Å². The van der Waals surface area contributed by atoms with Crippen molar-refractivity contribution in [2.45, 2.75) is 4.17 Å². The van der Waals surface area contributed by atoms with E-state index in [-0.39, 0.29) is 0 Å². The molecule has 3 nitrogen and oxygen atoms in total. The number of hydrogen-bond acceptors (Lipinski definition) is 1. The Kier molecular flexibility index (Phi) is 9.18. The summed E-state index contributed by atoms with van der Waals surface area (Å²) in [7, 11) is 0. The van der Waals surface area contributed by atoms with E-state index in [0.29, 0.717) is 0 Å². The summed E-state index contributed by atoms with van der Waals surface area (Å²) in [6.07, 6.45) is 0. The van der Waals surface area contributed by atoms with E-state index in [4.69, 9.17) is 14.7 Å². The van der Waals surface area contributed by atoms with Crippen LogP contribution in [0.25, 0.3) is 0 Å². The summed E-state index contributed by atoms with van der Waals surface area (Å²) in [6, 6.07) is 0. The summed E-state index contributed by atoms with van der Waals surface area (Å²) in [5.41, 5.74) is 0. The first kappa shape index (κ1) is 11.3. The molecule has 0 saturated heterocycles. The van der Waals surface area contributed by atoms with Crippen molar-refractivity contribution in [2.24, 2.45) is 0 Å². The van der Waals surface area contributed by atoms with Gasteiger partial charge in [0.2, 0.25) is 0 Å². The van der Waals surface area contributed by atoms with Crippen LogP contribution in [0.3, 0.4) is 0 Å². The number of rotatable bonds is 0. The van der Waals surface area contributed by atoms with Crippen LogP contribution in [0.5, 0.6) is 0 Å². The zero-order valence-corrected chi connectivity index (χ0v) is 7.91. The maximum atomic E-state index is 7.56. The molecule has 0 unspecified atom stereocenters. The SMILES string of the molecule is OP(O)(O)=S.[CH3][Na]. The Morgan fingerprint density at radius 1 is 1.29 bits per heavy atom. The molecule has 0 aliphatic heterocycles. The van der Waals surface area contributed by atoms with Gasteiger partial charge >= 0.3 is 38.8 Å². The van der Waals surface area contributed by atoms with E-state index in [2.05, 4.69) is 16.0 Å². The Bertz CT molecular complexity index is 61.1. The fourth-order valence-electron chi connectivity index (χ4n) is 0. The molecular formula is CH6NaO3PS. The monoisotopic (exact) mass is 152 g/mol. The average molecular weight is 152 g/mol. The first-order valence-corrected chi connectivity index (χ1v) is 6.44. The van der Waals surface area contributed by atoms with Crippen LogP contribution in [0, 0.1) is 0 Å². The van der Waals surface area contributed by atoms with Crippen LogP contribution in [0.1, 0.15) is 0 Å². The molecule has 3 N–H and O–H groups in total. The minimum atomic E-state index is -3.81. The third-order valence-corrected chi connectivity index (χ3v) is 0. The molecule has 0 atom stereocenters. The predicted octanol–water partition coefficient (Wildman–Crippen LogP) is -0.609. The van der Waals surface area contributed by atoms with Crippen molar-refractivity contribution in [2.75, 3.05) is 0 Å². The molecule has 0 aliphatic carbocycles. The van der Waals surface area contributed by atoms with Gasteiger partial charge in [-0.05, 0) is 11.8 Å². The quantitative estimate of drug-likeness (QED) is 0.320. The van der Waals surface area contributed by atoms with Gasteiger partial charge in [-0.15, -0.1) is 0 Å². The Morgan fingerprint density at radius 3 is 1.29 bits per heavy atom. The molecule has 0 aromatic carbocycles. The van der Waals surface area contributed by atoms with Crippen molar-refractivity contribution in [1.82, 2.24) is 0 Å². The van der Waals surface area contributed by atoms with Gasteiger partial charge in [0.1, 0.15) is 0 Å². The van der Waals surface area contributed by atoms with Gasteiger partial charge in [0, 0.05) is 0 Å². The molecule has 7 heavy (non-hydrogen) atoms. The van der Waals surface area contributed by atoms with E-state index < -0.39 is 6.72 Å². The molecule has 0 spiro atoms. The van der Waals surface area contributed by atoms with Gasteiger partial charge in [-0.3, -0.25) is 0 Å². The van der Waals surface area contributed by atoms with Crippen molar-refractivity contribution in [3.05, 3.63) is 0 Å². The Hall–Kier alpha value is 1.53. The molecule has 0 aliphatic rings. The molecule has 6 heteroatoms. The summed E-state index contributed by atoms with van der Waals surface area (Å²) < 4.78 is 2.14. The summed E-state index contributed by atoms with van der Waals surface area (Å²) in [6.45, 7) is -3.81. The zero-order valence-electron chi connectivity index (χ0n) is 4.20. The zero-order chi connectivity index (χ0) is 6.50. The van der Waals surface area contributed by atoms with Crippen LogP contribution >= 0.6 is 6.72 Å². The van der Waals surface area contributed by atoms with E-state index in [1.165, 1.54) is 27.9 Å². The normalized spacial score (nSPS) is 9.43. The van der Waals surface area contributed by atoms with E-state index in [1.807, 2.05) is 0 Å². The first-order chi connectivity index (χ1) is 3.00. The summed E-state index contributed by atoms with van der Waals surface area (Å²) in [5, 5.41) is 0. The van der Waals surface area contributed by atoms with Gasteiger partial charge in [-0.1, -0.05) is 0 Å². The van der Waals surface area contributed by atoms with Crippen molar-refractivity contribution in [3.8, 4) is 0 Å². The Balaban J connectivity index is 0. The van der Waals surface area contributed by atoms with Crippen LogP contribution in [-0.2, 0) is 11.8 Å². The molecule has 0 amide bonds. The molecule has 0 fully saturated rings. The molecule has 0 aromatic rings. The van der Waals surface area contributed by atoms with Gasteiger partial charge in [-0.2, -0.15) is 0 Å². The van der Waals surface area contributed by atoms with Crippen LogP contribution in [0.2, 0.25) is 4.17 Å². The second-order valence-corrected chi connectivity index (χ2v) is 3.01. The van der Waals surface area contributed by atoms with E-state index in [1.54, 1.807) is 0 Å². The van der Waals surface area contributed by atoms with Crippen LogP contribution in [0.4, 0.5) is 0 Å². The summed E-state index contributed by atoms with van der Waals surface area (Å²) in [5.74, 6) is 0. The third-order valence-electron chi connectivity index (χ3n) is 0. The van der Waals surface area contributed by atoms with Gasteiger partial charge < -0.3 is 14.7 Å². The standard InChI is InChI=1S/CH3.Na.H3O3PS/c;;1-4(2,3)5/h1H3;;(H3,1,2,3,5). The average Bonchev–Trinajstić information content (AvgIpc) is 1.36. The van der Waals surface area contributed by atoms with Crippen LogP contribution < -0.4 is 0 Å². The fourth-order valence-corrected chi connectivity index (χ4v) is 0.